The molecule has 0 saturated heterocycles. The minimum atomic E-state index is -0.0939. The summed E-state index contributed by atoms with van der Waals surface area (Å²) >= 11 is 7.61. The number of benzene rings is 1. The number of carbonyl (C=O) groups excluding carboxylic acids is 1. The van der Waals surface area contributed by atoms with Gasteiger partial charge in [-0.3, -0.25) is 4.79 Å². The van der Waals surface area contributed by atoms with Gasteiger partial charge in [0.2, 0.25) is 11.1 Å². The van der Waals surface area contributed by atoms with Gasteiger partial charge in [-0.25, -0.2) is 4.68 Å². The van der Waals surface area contributed by atoms with Crippen LogP contribution >= 0.6 is 23.4 Å². The Morgan fingerprint density at radius 1 is 1.35 bits per heavy atom. The van der Waals surface area contributed by atoms with Gasteiger partial charge in [0.15, 0.2) is 11.5 Å². The Morgan fingerprint density at radius 2 is 2.19 bits per heavy atom. The van der Waals surface area contributed by atoms with Gasteiger partial charge >= 0.3 is 0 Å². The molecule has 0 atom stereocenters. The van der Waals surface area contributed by atoms with Crippen LogP contribution in [0.2, 0.25) is 5.02 Å². The fourth-order valence-corrected chi connectivity index (χ4v) is 3.66. The summed E-state index contributed by atoms with van der Waals surface area (Å²) in [6.07, 6.45) is 3.00. The van der Waals surface area contributed by atoms with Gasteiger partial charge < -0.3 is 14.8 Å². The molecule has 2 aliphatic rings. The first-order valence-corrected chi connectivity index (χ1v) is 9.82. The summed E-state index contributed by atoms with van der Waals surface area (Å²) in [5, 5.41) is 15.7. The summed E-state index contributed by atoms with van der Waals surface area (Å²) < 4.78 is 13.1. The van der Waals surface area contributed by atoms with Gasteiger partial charge in [-0.1, -0.05) is 23.4 Å². The van der Waals surface area contributed by atoms with E-state index in [0.29, 0.717) is 47.5 Å². The predicted molar refractivity (Wildman–Crippen MR) is 95.7 cm³/mol. The third kappa shape index (κ3) is 4.04. The largest absolute Gasteiger partial charge is 0.489 e. The maximum absolute atomic E-state index is 12.1. The molecule has 1 fully saturated rings. The first-order valence-electron chi connectivity index (χ1n) is 8.46. The van der Waals surface area contributed by atoms with Crippen LogP contribution in [-0.2, 0) is 11.3 Å². The lowest BCUT2D eigenvalue weighted by Gasteiger charge is -2.12. The molecule has 0 radical (unpaired) electrons. The average Bonchev–Trinajstić information content (AvgIpc) is 3.41. The second-order valence-corrected chi connectivity index (χ2v) is 7.51. The number of thioether (sulfide) groups is 1. The molecule has 1 aromatic heterocycles. The maximum Gasteiger partial charge on any atom is 0.230 e. The van der Waals surface area contributed by atoms with Gasteiger partial charge in [0, 0.05) is 13.0 Å². The fourth-order valence-electron chi connectivity index (χ4n) is 2.60. The van der Waals surface area contributed by atoms with E-state index in [1.165, 1.54) is 11.8 Å². The van der Waals surface area contributed by atoms with Crippen molar-refractivity contribution in [2.75, 3.05) is 19.0 Å². The minimum absolute atomic E-state index is 0.0939. The van der Waals surface area contributed by atoms with E-state index >= 15 is 0 Å². The van der Waals surface area contributed by atoms with Crippen LogP contribution in [0.1, 0.15) is 30.9 Å². The topological polar surface area (TPSA) is 91.2 Å². The van der Waals surface area contributed by atoms with Crippen molar-refractivity contribution in [1.82, 2.24) is 25.5 Å². The van der Waals surface area contributed by atoms with Gasteiger partial charge in [0.05, 0.1) is 30.0 Å². The van der Waals surface area contributed by atoms with E-state index in [1.807, 2.05) is 6.07 Å². The number of hydrogen-bond donors (Lipinski definition) is 1. The van der Waals surface area contributed by atoms with Crippen LogP contribution in [0, 0.1) is 0 Å². The standard InChI is InChI=1S/C16H18ClN5O3S/c17-12-6-10(7-13-15(12)25-5-1-4-24-13)8-18-14(23)9-26-16-19-20-21-22(16)11-2-3-11/h6-7,11H,1-5,8-9H2,(H,18,23). The SMILES string of the molecule is O=C(CSc1nnnn1C1CC1)NCc1cc(Cl)c2c(c1)OCCCO2. The molecular formula is C16H18ClN5O3S. The molecule has 10 heteroatoms. The predicted octanol–water partition coefficient (Wildman–Crippen LogP) is 2.23. The zero-order valence-electron chi connectivity index (χ0n) is 14.0. The van der Waals surface area contributed by atoms with E-state index in [1.54, 1.807) is 10.7 Å². The average molecular weight is 396 g/mol. The lowest BCUT2D eigenvalue weighted by atomic mass is 10.2. The van der Waals surface area contributed by atoms with Crippen LogP contribution in [0.15, 0.2) is 17.3 Å². The number of hydrogen-bond acceptors (Lipinski definition) is 7. The number of ether oxygens (including phenoxy) is 2. The van der Waals surface area contributed by atoms with Crippen LogP contribution in [0.25, 0.3) is 0 Å². The highest BCUT2D eigenvalue weighted by molar-refractivity contribution is 7.99. The second-order valence-electron chi connectivity index (χ2n) is 6.16. The molecule has 8 nitrogen and oxygen atoms in total. The van der Waals surface area contributed by atoms with Crippen molar-refractivity contribution in [3.05, 3.63) is 22.7 Å². The third-order valence-corrected chi connectivity index (χ3v) is 5.25. The second kappa shape index (κ2) is 7.71. The van der Waals surface area contributed by atoms with Crippen molar-refractivity contribution in [3.63, 3.8) is 0 Å². The van der Waals surface area contributed by atoms with Crippen LogP contribution < -0.4 is 14.8 Å². The highest BCUT2D eigenvalue weighted by Crippen LogP contribution is 2.38. The molecule has 1 aliphatic heterocycles. The lowest BCUT2D eigenvalue weighted by molar-refractivity contribution is -0.118. The summed E-state index contributed by atoms with van der Waals surface area (Å²) in [6, 6.07) is 4.03. The quantitative estimate of drug-likeness (QED) is 0.750. The normalized spacial score (nSPS) is 16.2. The molecule has 0 bridgehead atoms. The Labute approximate surface area is 159 Å². The number of nitrogens with one attached hydrogen (secondary N) is 1. The Balaban J connectivity index is 1.32. The third-order valence-electron chi connectivity index (χ3n) is 4.04. The monoisotopic (exact) mass is 395 g/mol. The number of aromatic nitrogens is 4. The van der Waals surface area contributed by atoms with E-state index in [0.717, 1.165) is 24.8 Å². The van der Waals surface area contributed by atoms with E-state index in [4.69, 9.17) is 21.1 Å². The van der Waals surface area contributed by atoms with Crippen molar-refractivity contribution in [2.24, 2.45) is 0 Å². The molecule has 0 unspecified atom stereocenters. The molecule has 1 N–H and O–H groups in total. The van der Waals surface area contributed by atoms with Crippen LogP contribution in [0.3, 0.4) is 0 Å². The van der Waals surface area contributed by atoms with E-state index in [9.17, 15) is 4.79 Å². The number of halogens is 1. The van der Waals surface area contributed by atoms with Gasteiger partial charge in [0.25, 0.3) is 0 Å². The first kappa shape index (κ1) is 17.4. The summed E-state index contributed by atoms with van der Waals surface area (Å²) in [5.74, 6) is 1.35. The molecule has 2 heterocycles. The molecule has 1 aromatic carbocycles. The number of nitrogens with zero attached hydrogens (tertiary/aromatic N) is 4. The molecular weight excluding hydrogens is 378 g/mol. The van der Waals surface area contributed by atoms with Crippen LogP contribution in [0.4, 0.5) is 0 Å². The summed E-state index contributed by atoms with van der Waals surface area (Å²) in [6.45, 7) is 1.54. The highest BCUT2D eigenvalue weighted by Gasteiger charge is 2.28. The van der Waals surface area contributed by atoms with Crippen LogP contribution in [0.5, 0.6) is 11.5 Å². The van der Waals surface area contributed by atoms with E-state index in [2.05, 4.69) is 20.8 Å². The fraction of sp³-hybridized carbons (Fsp3) is 0.500. The molecule has 4 rings (SSSR count). The Kier molecular flexibility index (Phi) is 5.16. The Morgan fingerprint density at radius 3 is 3.04 bits per heavy atom. The number of rotatable bonds is 6. The van der Waals surface area contributed by atoms with Crippen molar-refractivity contribution in [3.8, 4) is 11.5 Å². The molecule has 0 spiro atoms. The highest BCUT2D eigenvalue weighted by atomic mass is 35.5. The molecule has 1 amide bonds. The molecule has 26 heavy (non-hydrogen) atoms. The van der Waals surface area contributed by atoms with Crippen molar-refractivity contribution in [1.29, 1.82) is 0 Å². The maximum atomic E-state index is 12.1. The van der Waals surface area contributed by atoms with Crippen LogP contribution in [-0.4, -0.2) is 45.1 Å². The van der Waals surface area contributed by atoms with Gasteiger partial charge in [-0.2, -0.15) is 0 Å². The Hall–Kier alpha value is -2.00. The zero-order chi connectivity index (χ0) is 17.9. The Bertz CT molecular complexity index is 811. The van der Waals surface area contributed by atoms with Gasteiger partial charge in [-0.05, 0) is 41.0 Å². The lowest BCUT2D eigenvalue weighted by Crippen LogP contribution is -2.24. The molecule has 1 aliphatic carbocycles. The van der Waals surface area contributed by atoms with E-state index < -0.39 is 0 Å². The number of fused-ring (bicyclic) bond motifs is 1. The molecule has 2 aromatic rings. The minimum Gasteiger partial charge on any atom is -0.489 e. The van der Waals surface area contributed by atoms with E-state index in [-0.39, 0.29) is 11.7 Å². The first-order chi connectivity index (χ1) is 12.7. The van der Waals surface area contributed by atoms with Gasteiger partial charge in [-0.15, -0.1) is 5.10 Å². The summed E-state index contributed by atoms with van der Waals surface area (Å²) in [4.78, 5) is 12.1. The molecule has 1 saturated carbocycles. The molecule has 138 valence electrons. The van der Waals surface area contributed by atoms with Crippen molar-refractivity contribution in [2.45, 2.75) is 37.0 Å². The van der Waals surface area contributed by atoms with Crippen molar-refractivity contribution < 1.29 is 14.3 Å². The number of amides is 1. The zero-order valence-corrected chi connectivity index (χ0v) is 15.6. The van der Waals surface area contributed by atoms with Gasteiger partial charge in [0.1, 0.15) is 0 Å². The summed E-state index contributed by atoms with van der Waals surface area (Å²) in [7, 11) is 0. The number of tetrazole rings is 1. The smallest absolute Gasteiger partial charge is 0.230 e. The summed E-state index contributed by atoms with van der Waals surface area (Å²) in [5.41, 5.74) is 0.861. The van der Waals surface area contributed by atoms with Crippen molar-refractivity contribution >= 4 is 29.3 Å². The number of carbonyl (C=O) groups is 1.